The molecule has 2 atom stereocenters. The molecule has 23 heavy (non-hydrogen) atoms. The summed E-state index contributed by atoms with van der Waals surface area (Å²) in [7, 11) is -1.28. The van der Waals surface area contributed by atoms with Crippen LogP contribution in [0.15, 0.2) is 58.3 Å². The summed E-state index contributed by atoms with van der Waals surface area (Å²) in [5.41, 5.74) is 1.57. The van der Waals surface area contributed by atoms with Crippen molar-refractivity contribution in [1.82, 2.24) is 0 Å². The smallest absolute Gasteiger partial charge is 0.145 e. The van der Waals surface area contributed by atoms with E-state index in [2.05, 4.69) is 0 Å². The summed E-state index contributed by atoms with van der Waals surface area (Å²) in [6.45, 7) is 9.67. The van der Waals surface area contributed by atoms with Gasteiger partial charge in [-0.1, -0.05) is 63.6 Å². The third-order valence-electron chi connectivity index (χ3n) is 3.95. The molecule has 3 heteroatoms. The van der Waals surface area contributed by atoms with E-state index in [9.17, 15) is 9.00 Å². The molecule has 0 bridgehead atoms. The lowest BCUT2D eigenvalue weighted by Gasteiger charge is -2.23. The zero-order chi connectivity index (χ0) is 17.2. The average Bonchev–Trinajstić information content (AvgIpc) is 2.52. The number of ketones is 1. The zero-order valence-corrected chi connectivity index (χ0v) is 15.2. The molecule has 0 aliphatic rings. The van der Waals surface area contributed by atoms with Gasteiger partial charge >= 0.3 is 0 Å². The summed E-state index contributed by atoms with van der Waals surface area (Å²) < 4.78 is 13.0. The molecule has 2 rings (SSSR count). The Labute approximate surface area is 141 Å². The molecule has 0 aliphatic heterocycles. The molecule has 0 N–H and O–H groups in total. The third-order valence-corrected chi connectivity index (χ3v) is 5.42. The monoisotopic (exact) mass is 328 g/mol. The number of carbonyl (C=O) groups is 1. The first-order valence-electron chi connectivity index (χ1n) is 7.83. The van der Waals surface area contributed by atoms with Crippen molar-refractivity contribution in [2.45, 2.75) is 50.3 Å². The van der Waals surface area contributed by atoms with E-state index < -0.39 is 16.2 Å². The van der Waals surface area contributed by atoms with E-state index in [4.69, 9.17) is 0 Å². The molecular formula is C20H24O2S. The van der Waals surface area contributed by atoms with Crippen molar-refractivity contribution < 1.29 is 9.00 Å². The predicted molar refractivity (Wildman–Crippen MR) is 95.2 cm³/mol. The highest BCUT2D eigenvalue weighted by molar-refractivity contribution is 7.85. The lowest BCUT2D eigenvalue weighted by Crippen LogP contribution is -2.26. The van der Waals surface area contributed by atoms with Crippen molar-refractivity contribution >= 4 is 16.6 Å². The van der Waals surface area contributed by atoms with Gasteiger partial charge in [0.2, 0.25) is 0 Å². The number of Topliss-reactive ketones (excluding diaryl/α,β-unsaturated/α-hetero) is 1. The highest BCUT2D eigenvalue weighted by atomic mass is 32.2. The van der Waals surface area contributed by atoms with Crippen LogP contribution in [0.25, 0.3) is 0 Å². The fourth-order valence-corrected chi connectivity index (χ4v) is 3.88. The van der Waals surface area contributed by atoms with Crippen LogP contribution < -0.4 is 0 Å². The van der Waals surface area contributed by atoms with Crippen molar-refractivity contribution in [2.75, 3.05) is 0 Å². The zero-order valence-electron chi connectivity index (χ0n) is 14.4. The summed E-state index contributed by atoms with van der Waals surface area (Å²) in [4.78, 5) is 14.1. The molecule has 0 heterocycles. The molecule has 2 aromatic carbocycles. The van der Waals surface area contributed by atoms with Crippen LogP contribution in [-0.2, 0) is 15.6 Å². The highest BCUT2D eigenvalue weighted by Gasteiger charge is 2.29. The molecule has 0 fully saturated rings. The Morgan fingerprint density at radius 1 is 1.00 bits per heavy atom. The molecular weight excluding hydrogens is 304 g/mol. The molecule has 0 aliphatic carbocycles. The lowest BCUT2D eigenvalue weighted by molar-refractivity contribution is -0.127. The van der Waals surface area contributed by atoms with Gasteiger partial charge in [0.25, 0.3) is 0 Å². The first kappa shape index (κ1) is 17.6. The van der Waals surface area contributed by atoms with Gasteiger partial charge in [0.05, 0.1) is 10.8 Å². The van der Waals surface area contributed by atoms with Crippen molar-refractivity contribution in [3.63, 3.8) is 0 Å². The highest BCUT2D eigenvalue weighted by Crippen LogP contribution is 2.31. The van der Waals surface area contributed by atoms with Crippen LogP contribution in [-0.4, -0.2) is 9.99 Å². The van der Waals surface area contributed by atoms with Crippen LogP contribution in [0.1, 0.15) is 44.7 Å². The van der Waals surface area contributed by atoms with E-state index in [0.29, 0.717) is 0 Å². The summed E-state index contributed by atoms with van der Waals surface area (Å²) in [6, 6.07) is 15.2. The quantitative estimate of drug-likeness (QED) is 0.801. The minimum Gasteiger partial charge on any atom is -0.298 e. The summed E-state index contributed by atoms with van der Waals surface area (Å²) in [5, 5.41) is 0. The molecule has 0 radical (unpaired) electrons. The van der Waals surface area contributed by atoms with Crippen LogP contribution in [0.3, 0.4) is 0 Å². The Morgan fingerprint density at radius 3 is 2.13 bits per heavy atom. The SMILES string of the molecule is Cc1ccc(S(=O)c2ccccc2[C@H](C)C(=O)C(C)(C)C)cc1. The Morgan fingerprint density at radius 2 is 1.57 bits per heavy atom. The fourth-order valence-electron chi connectivity index (χ4n) is 2.59. The van der Waals surface area contributed by atoms with Gasteiger partial charge in [-0.05, 0) is 30.7 Å². The number of carbonyl (C=O) groups excluding carboxylic acids is 1. The second-order valence-electron chi connectivity index (χ2n) is 6.96. The van der Waals surface area contributed by atoms with Crippen LogP contribution >= 0.6 is 0 Å². The molecule has 0 saturated carbocycles. The molecule has 2 nitrogen and oxygen atoms in total. The van der Waals surface area contributed by atoms with Gasteiger partial charge < -0.3 is 0 Å². The molecule has 0 amide bonds. The third kappa shape index (κ3) is 3.97. The normalized spacial score (nSPS) is 14.3. The van der Waals surface area contributed by atoms with Crippen molar-refractivity contribution in [2.24, 2.45) is 5.41 Å². The fraction of sp³-hybridized carbons (Fsp3) is 0.350. The lowest BCUT2D eigenvalue weighted by atomic mass is 9.81. The average molecular weight is 328 g/mol. The van der Waals surface area contributed by atoms with Crippen LogP contribution in [0.4, 0.5) is 0 Å². The maximum Gasteiger partial charge on any atom is 0.145 e. The standard InChI is InChI=1S/C20H24O2S/c1-14-10-12-16(13-11-14)23(22)18-9-7-6-8-17(18)15(2)19(21)20(3,4)5/h6-13,15H,1-5H3/t15-,23?/m0/s1. The number of benzene rings is 2. The van der Waals surface area contributed by atoms with Gasteiger partial charge in [0.15, 0.2) is 0 Å². The number of hydrogen-bond acceptors (Lipinski definition) is 2. The van der Waals surface area contributed by atoms with Gasteiger partial charge in [-0.2, -0.15) is 0 Å². The van der Waals surface area contributed by atoms with E-state index in [1.807, 2.05) is 83.1 Å². The largest absolute Gasteiger partial charge is 0.298 e. The van der Waals surface area contributed by atoms with Crippen molar-refractivity contribution in [1.29, 1.82) is 0 Å². The maximum atomic E-state index is 13.0. The first-order chi connectivity index (χ1) is 10.7. The predicted octanol–water partition coefficient (Wildman–Crippen LogP) is 4.88. The van der Waals surface area contributed by atoms with E-state index in [1.54, 1.807) is 0 Å². The number of aryl methyl sites for hydroxylation is 1. The Balaban J connectivity index is 2.43. The van der Waals surface area contributed by atoms with Gasteiger partial charge in [0.1, 0.15) is 5.78 Å². The van der Waals surface area contributed by atoms with Gasteiger partial charge in [0, 0.05) is 21.1 Å². The van der Waals surface area contributed by atoms with E-state index in [0.717, 1.165) is 20.9 Å². The van der Waals surface area contributed by atoms with Gasteiger partial charge in [-0.3, -0.25) is 4.79 Å². The van der Waals surface area contributed by atoms with Crippen molar-refractivity contribution in [3.05, 3.63) is 59.7 Å². The Bertz CT molecular complexity index is 724. The second-order valence-corrected chi connectivity index (χ2v) is 8.40. The van der Waals surface area contributed by atoms with Crippen LogP contribution in [0.5, 0.6) is 0 Å². The molecule has 1 unspecified atom stereocenters. The summed E-state index contributed by atoms with van der Waals surface area (Å²) >= 11 is 0. The topological polar surface area (TPSA) is 34.1 Å². The first-order valence-corrected chi connectivity index (χ1v) is 8.98. The minimum atomic E-state index is -1.28. The maximum absolute atomic E-state index is 13.0. The van der Waals surface area contributed by atoms with E-state index >= 15 is 0 Å². The molecule has 2 aromatic rings. The second kappa shape index (κ2) is 6.79. The minimum absolute atomic E-state index is 0.158. The Hall–Kier alpha value is -1.74. The molecule has 0 spiro atoms. The molecule has 122 valence electrons. The number of hydrogen-bond donors (Lipinski definition) is 0. The summed E-state index contributed by atoms with van der Waals surface area (Å²) in [6.07, 6.45) is 0. The molecule has 0 aromatic heterocycles. The van der Waals surface area contributed by atoms with Crippen LogP contribution in [0, 0.1) is 12.3 Å². The van der Waals surface area contributed by atoms with E-state index in [-0.39, 0.29) is 11.7 Å². The van der Waals surface area contributed by atoms with Crippen molar-refractivity contribution in [3.8, 4) is 0 Å². The van der Waals surface area contributed by atoms with Gasteiger partial charge in [-0.15, -0.1) is 0 Å². The summed E-state index contributed by atoms with van der Waals surface area (Å²) in [5.74, 6) is -0.119. The van der Waals surface area contributed by atoms with Gasteiger partial charge in [-0.25, -0.2) is 4.21 Å². The Kier molecular flexibility index (Phi) is 5.20. The van der Waals surface area contributed by atoms with Crippen LogP contribution in [0.2, 0.25) is 0 Å². The molecule has 0 saturated heterocycles. The van der Waals surface area contributed by atoms with E-state index in [1.165, 1.54) is 0 Å². The number of rotatable bonds is 4.